The molecule has 2 aliphatic heterocycles. The molecule has 1 saturated heterocycles. The predicted molar refractivity (Wildman–Crippen MR) is 113 cm³/mol. The predicted octanol–water partition coefficient (Wildman–Crippen LogP) is 1.97. The Bertz CT molecular complexity index is 1080. The fraction of sp³-hybridized carbons (Fsp3) is 0.458. The molecule has 7 heteroatoms. The first-order chi connectivity index (χ1) is 15.0. The molecule has 1 spiro atoms. The lowest BCUT2D eigenvalue weighted by molar-refractivity contribution is -0.171. The fourth-order valence-corrected chi connectivity index (χ4v) is 6.63. The molecule has 7 nitrogen and oxygen atoms in total. The van der Waals surface area contributed by atoms with Gasteiger partial charge in [-0.15, -0.1) is 0 Å². The van der Waals surface area contributed by atoms with Gasteiger partial charge in [-0.3, -0.25) is 4.79 Å². The van der Waals surface area contributed by atoms with E-state index >= 15 is 0 Å². The molecule has 0 unspecified atom stereocenters. The van der Waals surface area contributed by atoms with Crippen molar-refractivity contribution >= 4 is 12.0 Å². The molecule has 2 bridgehead atoms. The second-order valence-corrected chi connectivity index (χ2v) is 9.29. The number of furan rings is 1. The smallest absolute Gasteiger partial charge is 0.246 e. The van der Waals surface area contributed by atoms with Gasteiger partial charge in [0, 0.05) is 30.3 Å². The average Bonchev–Trinajstić information content (AvgIpc) is 3.38. The van der Waals surface area contributed by atoms with Crippen molar-refractivity contribution in [3.63, 3.8) is 0 Å². The molecular formula is C24H26N2O5. The SMILES string of the molecule is CN(C(=O)/C=C/c1ccoc1)[C@@H]1CC[C@@]2(O)[C@@H]3Cc4ccc(O)c5c4[C@@]2(CCN3)[C@H]1O5. The third kappa shape index (κ3) is 2.33. The summed E-state index contributed by atoms with van der Waals surface area (Å²) in [5.74, 6) is 0.468. The highest BCUT2D eigenvalue weighted by atomic mass is 16.5. The quantitative estimate of drug-likeness (QED) is 0.655. The first kappa shape index (κ1) is 19.0. The Hall–Kier alpha value is -2.77. The number of carbonyl (C=O) groups excluding carboxylic acids is 1. The molecule has 0 radical (unpaired) electrons. The van der Waals surface area contributed by atoms with Gasteiger partial charge in [0.05, 0.1) is 29.6 Å². The normalized spacial score (nSPS) is 35.0. The van der Waals surface area contributed by atoms with Crippen LogP contribution in [0.3, 0.4) is 0 Å². The molecule has 31 heavy (non-hydrogen) atoms. The Morgan fingerprint density at radius 3 is 3.00 bits per heavy atom. The minimum Gasteiger partial charge on any atom is -0.504 e. The molecule has 5 atom stereocenters. The number of nitrogens with zero attached hydrogens (tertiary/aromatic N) is 1. The summed E-state index contributed by atoms with van der Waals surface area (Å²) in [7, 11) is 1.79. The summed E-state index contributed by atoms with van der Waals surface area (Å²) in [4.78, 5) is 14.7. The second kappa shape index (κ2) is 6.37. The number of carbonyl (C=O) groups is 1. The van der Waals surface area contributed by atoms with Gasteiger partial charge in [0.2, 0.25) is 5.91 Å². The van der Waals surface area contributed by atoms with Gasteiger partial charge in [-0.1, -0.05) is 6.07 Å². The molecular weight excluding hydrogens is 396 g/mol. The van der Waals surface area contributed by atoms with Crippen LogP contribution in [-0.4, -0.2) is 58.4 Å². The summed E-state index contributed by atoms with van der Waals surface area (Å²) in [6, 6.07) is 5.16. The number of amides is 1. The van der Waals surface area contributed by atoms with Crippen molar-refractivity contribution < 1.29 is 24.2 Å². The largest absolute Gasteiger partial charge is 0.504 e. The van der Waals surface area contributed by atoms with Gasteiger partial charge in [-0.05, 0) is 56.0 Å². The summed E-state index contributed by atoms with van der Waals surface area (Å²) in [6.45, 7) is 0.770. The number of phenols is 1. The number of likely N-dealkylation sites (N-methyl/N-ethyl adjacent to an activating group) is 1. The minimum atomic E-state index is -0.963. The Morgan fingerprint density at radius 2 is 2.19 bits per heavy atom. The number of aromatic hydroxyl groups is 1. The molecule has 162 valence electrons. The number of rotatable bonds is 3. The maximum absolute atomic E-state index is 13.0. The van der Waals surface area contributed by atoms with Crippen LogP contribution in [0.2, 0.25) is 0 Å². The Labute approximate surface area is 180 Å². The summed E-state index contributed by atoms with van der Waals surface area (Å²) < 4.78 is 11.5. The molecule has 3 heterocycles. The highest BCUT2D eigenvalue weighted by Crippen LogP contribution is 2.64. The molecule has 2 aromatic rings. The monoisotopic (exact) mass is 422 g/mol. The number of ether oxygens (including phenoxy) is 1. The number of hydrogen-bond acceptors (Lipinski definition) is 6. The standard InChI is InChI=1S/C24H26N2O5/c1-26(19(28)5-2-14-7-11-30-13-14)16-6-8-24(29)18-12-15-3-4-17(27)21-20(15)23(24,9-10-25-18)22(16)31-21/h2-5,7,11,13,16,18,22,25,27,29H,6,8-10,12H2,1H3/b5-2+/t16-,18+,22+,23+,24-/m1/s1. The highest BCUT2D eigenvalue weighted by Gasteiger charge is 2.72. The molecule has 1 aromatic carbocycles. The van der Waals surface area contributed by atoms with Crippen LogP contribution in [0, 0.1) is 0 Å². The van der Waals surface area contributed by atoms with Gasteiger partial charge < -0.3 is 29.6 Å². The van der Waals surface area contributed by atoms with Crippen molar-refractivity contribution in [1.82, 2.24) is 10.2 Å². The number of benzene rings is 1. The number of hydrogen-bond donors (Lipinski definition) is 3. The van der Waals surface area contributed by atoms with Gasteiger partial charge in [0.1, 0.15) is 6.10 Å². The lowest BCUT2D eigenvalue weighted by atomic mass is 9.48. The first-order valence-electron chi connectivity index (χ1n) is 10.9. The molecule has 1 aromatic heterocycles. The molecule has 4 aliphatic rings. The van der Waals surface area contributed by atoms with E-state index in [4.69, 9.17) is 9.15 Å². The molecule has 6 rings (SSSR count). The third-order valence-electron chi connectivity index (χ3n) is 8.06. The van der Waals surface area contributed by atoms with Crippen molar-refractivity contribution in [3.8, 4) is 11.5 Å². The molecule has 3 N–H and O–H groups in total. The summed E-state index contributed by atoms with van der Waals surface area (Å²) >= 11 is 0. The number of phenolic OH excluding ortho intramolecular Hbond substituents is 1. The summed E-state index contributed by atoms with van der Waals surface area (Å²) in [5, 5.41) is 26.1. The lowest BCUT2D eigenvalue weighted by Crippen LogP contribution is -2.77. The van der Waals surface area contributed by atoms with Crippen molar-refractivity contribution in [2.75, 3.05) is 13.6 Å². The zero-order valence-corrected chi connectivity index (χ0v) is 17.4. The summed E-state index contributed by atoms with van der Waals surface area (Å²) in [6.07, 6.45) is 8.65. The second-order valence-electron chi connectivity index (χ2n) is 9.29. The Morgan fingerprint density at radius 1 is 1.32 bits per heavy atom. The van der Waals surface area contributed by atoms with Crippen LogP contribution in [0.25, 0.3) is 6.08 Å². The molecule has 1 saturated carbocycles. The van der Waals surface area contributed by atoms with Crippen molar-refractivity contribution in [2.45, 2.75) is 54.9 Å². The number of nitrogens with one attached hydrogen (secondary N) is 1. The third-order valence-corrected chi connectivity index (χ3v) is 8.06. The zero-order chi connectivity index (χ0) is 21.4. The van der Waals surface area contributed by atoms with E-state index in [1.165, 1.54) is 0 Å². The van der Waals surface area contributed by atoms with Crippen molar-refractivity contribution in [1.29, 1.82) is 0 Å². The van der Waals surface area contributed by atoms with Gasteiger partial charge in [-0.2, -0.15) is 0 Å². The van der Waals surface area contributed by atoms with Gasteiger partial charge in [0.15, 0.2) is 11.5 Å². The van der Waals surface area contributed by atoms with E-state index in [1.54, 1.807) is 48.8 Å². The van der Waals surface area contributed by atoms with Gasteiger partial charge in [-0.25, -0.2) is 0 Å². The Kier molecular flexibility index (Phi) is 3.90. The molecule has 2 aliphatic carbocycles. The highest BCUT2D eigenvalue weighted by molar-refractivity contribution is 5.91. The van der Waals surface area contributed by atoms with E-state index in [1.807, 2.05) is 6.07 Å². The summed E-state index contributed by atoms with van der Waals surface area (Å²) in [5.41, 5.74) is 1.31. The van der Waals surface area contributed by atoms with E-state index in [0.29, 0.717) is 31.4 Å². The maximum Gasteiger partial charge on any atom is 0.246 e. The number of piperidine rings is 1. The van der Waals surface area contributed by atoms with Gasteiger partial charge in [0.25, 0.3) is 0 Å². The minimum absolute atomic E-state index is 0.0571. The maximum atomic E-state index is 13.0. The fourth-order valence-electron chi connectivity index (χ4n) is 6.63. The van der Waals surface area contributed by atoms with E-state index in [2.05, 4.69) is 5.32 Å². The van der Waals surface area contributed by atoms with Crippen molar-refractivity contribution in [2.24, 2.45) is 0 Å². The van der Waals surface area contributed by atoms with Crippen LogP contribution >= 0.6 is 0 Å². The van der Waals surface area contributed by atoms with E-state index in [0.717, 1.165) is 23.2 Å². The average molecular weight is 422 g/mol. The van der Waals surface area contributed by atoms with E-state index in [-0.39, 0.29) is 23.7 Å². The van der Waals surface area contributed by atoms with Crippen molar-refractivity contribution in [3.05, 3.63) is 53.5 Å². The van der Waals surface area contributed by atoms with Crippen LogP contribution in [0.5, 0.6) is 11.5 Å². The zero-order valence-electron chi connectivity index (χ0n) is 17.4. The van der Waals surface area contributed by atoms with Crippen LogP contribution in [0.1, 0.15) is 36.0 Å². The van der Waals surface area contributed by atoms with E-state index < -0.39 is 17.1 Å². The molecule has 1 amide bonds. The van der Waals surface area contributed by atoms with Crippen LogP contribution < -0.4 is 10.1 Å². The lowest BCUT2D eigenvalue weighted by Gasteiger charge is -2.62. The number of aliphatic hydroxyl groups is 1. The Balaban J connectivity index is 1.41. The first-order valence-corrected chi connectivity index (χ1v) is 10.9. The van der Waals surface area contributed by atoms with Crippen LogP contribution in [-0.2, 0) is 16.6 Å². The van der Waals surface area contributed by atoms with Crippen LogP contribution in [0.15, 0.2) is 41.2 Å². The topological polar surface area (TPSA) is 95.2 Å². The molecule has 2 fully saturated rings. The van der Waals surface area contributed by atoms with Crippen LogP contribution in [0.4, 0.5) is 0 Å². The van der Waals surface area contributed by atoms with Gasteiger partial charge >= 0.3 is 0 Å². The van der Waals surface area contributed by atoms with E-state index in [9.17, 15) is 15.0 Å².